The van der Waals surface area contributed by atoms with Crippen molar-refractivity contribution in [3.05, 3.63) is 65.5 Å². The monoisotopic (exact) mass is 396 g/mol. The Hall–Kier alpha value is -2.60. The van der Waals surface area contributed by atoms with Gasteiger partial charge in [0.25, 0.3) is 5.24 Å². The molecule has 1 saturated heterocycles. The number of hydrogen-bond donors (Lipinski definition) is 1. The minimum Gasteiger partial charge on any atom is -0.497 e. The first-order valence-electron chi connectivity index (χ1n) is 9.12. The number of rotatable bonds is 4. The summed E-state index contributed by atoms with van der Waals surface area (Å²) in [6.07, 6.45) is 4.00. The first-order valence-corrected chi connectivity index (χ1v) is 9.56. The van der Waals surface area contributed by atoms with Crippen molar-refractivity contribution in [2.24, 2.45) is 5.41 Å². The minimum absolute atomic E-state index is 0.0301. The van der Waals surface area contributed by atoms with E-state index in [1.807, 2.05) is 56.3 Å². The van der Waals surface area contributed by atoms with E-state index >= 15 is 0 Å². The summed E-state index contributed by atoms with van der Waals surface area (Å²) < 4.78 is 5.20. The molecule has 0 bridgehead atoms. The molecule has 2 heterocycles. The predicted octanol–water partition coefficient (Wildman–Crippen LogP) is 4.05. The number of aromatic nitrogens is 1. The van der Waals surface area contributed by atoms with Crippen LogP contribution in [0.5, 0.6) is 5.75 Å². The second-order valence-electron chi connectivity index (χ2n) is 7.45. The van der Waals surface area contributed by atoms with Crippen molar-refractivity contribution < 1.29 is 14.3 Å². The molecule has 0 saturated carbocycles. The number of ether oxygens (including phenoxy) is 1. The van der Waals surface area contributed by atoms with Crippen LogP contribution in [0.2, 0.25) is 0 Å². The molecule has 0 aliphatic carbocycles. The van der Waals surface area contributed by atoms with E-state index in [4.69, 9.17) is 4.74 Å². The van der Waals surface area contributed by atoms with E-state index in [1.54, 1.807) is 24.3 Å². The maximum atomic E-state index is 13.2. The number of methoxy groups -OCH3 is 1. The Morgan fingerprint density at radius 2 is 2.00 bits per heavy atom. The highest BCUT2D eigenvalue weighted by atomic mass is 32.1. The molecule has 1 aromatic heterocycles. The van der Waals surface area contributed by atoms with Crippen molar-refractivity contribution in [1.29, 1.82) is 0 Å². The molecule has 28 heavy (non-hydrogen) atoms. The normalized spacial score (nSPS) is 20.3. The van der Waals surface area contributed by atoms with E-state index in [0.29, 0.717) is 17.7 Å². The van der Waals surface area contributed by atoms with Crippen molar-refractivity contribution in [2.45, 2.75) is 26.3 Å². The fraction of sp³-hybridized carbons (Fsp3) is 0.318. The topological polar surface area (TPSA) is 59.5 Å². The second kappa shape index (κ2) is 8.19. The minimum atomic E-state index is -0.753. The summed E-state index contributed by atoms with van der Waals surface area (Å²) in [5.41, 5.74) is 1.54. The number of thiol groups is 1. The number of carbonyl (C=O) groups is 2. The SMILES string of the molecule is COc1ccc(CC2N(C(=O)S)CC(=Cc3ccccn3)C(=O)C2(C)C)cc1. The van der Waals surface area contributed by atoms with Crippen molar-refractivity contribution in [3.8, 4) is 5.75 Å². The number of piperidine rings is 1. The fourth-order valence-corrected chi connectivity index (χ4v) is 3.83. The summed E-state index contributed by atoms with van der Waals surface area (Å²) in [6.45, 7) is 4.00. The van der Waals surface area contributed by atoms with Crippen LogP contribution in [0.15, 0.2) is 54.2 Å². The van der Waals surface area contributed by atoms with Gasteiger partial charge in [-0.1, -0.05) is 44.7 Å². The molecule has 1 aliphatic heterocycles. The lowest BCUT2D eigenvalue weighted by Gasteiger charge is -2.45. The molecule has 1 unspecified atom stereocenters. The Morgan fingerprint density at radius 1 is 1.29 bits per heavy atom. The Bertz CT molecular complexity index is 892. The zero-order valence-electron chi connectivity index (χ0n) is 16.3. The highest BCUT2D eigenvalue weighted by molar-refractivity contribution is 7.96. The average molecular weight is 397 g/mol. The number of pyridine rings is 1. The molecule has 1 aliphatic rings. The maximum Gasteiger partial charge on any atom is 0.279 e. The smallest absolute Gasteiger partial charge is 0.279 e. The molecular formula is C22H24N2O3S. The highest BCUT2D eigenvalue weighted by Crippen LogP contribution is 2.38. The van der Waals surface area contributed by atoms with Gasteiger partial charge in [0.15, 0.2) is 5.78 Å². The number of likely N-dealkylation sites (tertiary alicyclic amines) is 1. The van der Waals surface area contributed by atoms with Crippen molar-refractivity contribution in [3.63, 3.8) is 0 Å². The number of benzene rings is 1. The molecule has 0 spiro atoms. The summed E-state index contributed by atoms with van der Waals surface area (Å²) in [5.74, 6) is 0.799. The second-order valence-corrected chi connectivity index (χ2v) is 7.84. The quantitative estimate of drug-likeness (QED) is 0.626. The fourth-order valence-electron chi connectivity index (χ4n) is 3.62. The Balaban J connectivity index is 1.93. The number of Topliss-reactive ketones (excluding diaryl/α,β-unsaturated/α-hetero) is 1. The van der Waals surface area contributed by atoms with E-state index in [9.17, 15) is 9.59 Å². The predicted molar refractivity (Wildman–Crippen MR) is 113 cm³/mol. The van der Waals surface area contributed by atoms with Gasteiger partial charge in [-0.05, 0) is 42.3 Å². The van der Waals surface area contributed by atoms with E-state index in [0.717, 1.165) is 11.3 Å². The molecule has 1 aromatic carbocycles. The summed E-state index contributed by atoms with van der Waals surface area (Å²) in [7, 11) is 1.62. The lowest BCUT2D eigenvalue weighted by molar-refractivity contribution is -0.128. The number of hydrogen-bond acceptors (Lipinski definition) is 4. The van der Waals surface area contributed by atoms with Crippen LogP contribution >= 0.6 is 12.6 Å². The number of ketones is 1. The van der Waals surface area contributed by atoms with Crippen LogP contribution in [-0.2, 0) is 11.2 Å². The van der Waals surface area contributed by atoms with Crippen molar-refractivity contribution in [1.82, 2.24) is 9.88 Å². The lowest BCUT2D eigenvalue weighted by atomic mass is 9.71. The summed E-state index contributed by atoms with van der Waals surface area (Å²) in [5, 5.41) is -0.342. The molecule has 1 fully saturated rings. The van der Waals surface area contributed by atoms with Crippen LogP contribution in [-0.4, -0.2) is 40.6 Å². The molecule has 3 rings (SSSR count). The molecular weight excluding hydrogens is 372 g/mol. The number of carbonyl (C=O) groups excluding carboxylic acids is 2. The zero-order chi connectivity index (χ0) is 20.3. The van der Waals surface area contributed by atoms with Crippen LogP contribution in [0.4, 0.5) is 4.79 Å². The maximum absolute atomic E-state index is 13.2. The molecule has 0 radical (unpaired) electrons. The van der Waals surface area contributed by atoms with Gasteiger partial charge in [0, 0.05) is 23.2 Å². The Labute approximate surface area is 170 Å². The van der Waals surface area contributed by atoms with Crippen LogP contribution in [0.25, 0.3) is 6.08 Å². The largest absolute Gasteiger partial charge is 0.497 e. The van der Waals surface area contributed by atoms with Crippen molar-refractivity contribution >= 4 is 29.7 Å². The lowest BCUT2D eigenvalue weighted by Crippen LogP contribution is -2.57. The third-order valence-electron chi connectivity index (χ3n) is 5.27. The standard InChI is InChI=1S/C22H24N2O3S/c1-22(2)19(12-15-7-9-18(27-3)10-8-15)24(21(26)28)14-16(20(22)25)13-17-6-4-5-11-23-17/h4-11,13,19H,12,14H2,1-3H3,(H,26,28). The number of nitrogens with zero attached hydrogens (tertiary/aromatic N) is 2. The first-order chi connectivity index (χ1) is 13.3. The van der Waals surface area contributed by atoms with E-state index in [2.05, 4.69) is 17.6 Å². The van der Waals surface area contributed by atoms with Gasteiger partial charge >= 0.3 is 0 Å². The van der Waals surface area contributed by atoms with E-state index < -0.39 is 5.41 Å². The Kier molecular flexibility index (Phi) is 5.89. The molecule has 1 atom stereocenters. The van der Waals surface area contributed by atoms with Crippen LogP contribution in [0.3, 0.4) is 0 Å². The third kappa shape index (κ3) is 4.12. The first kappa shape index (κ1) is 20.1. The molecule has 2 aromatic rings. The third-order valence-corrected chi connectivity index (χ3v) is 5.53. The van der Waals surface area contributed by atoms with Crippen LogP contribution < -0.4 is 4.74 Å². The molecule has 146 valence electrons. The van der Waals surface area contributed by atoms with Gasteiger partial charge < -0.3 is 9.64 Å². The molecule has 0 N–H and O–H groups in total. The van der Waals surface area contributed by atoms with Crippen LogP contribution in [0, 0.1) is 5.41 Å². The van der Waals surface area contributed by atoms with Gasteiger partial charge in [0.2, 0.25) is 0 Å². The molecule has 6 heteroatoms. The molecule has 5 nitrogen and oxygen atoms in total. The summed E-state index contributed by atoms with van der Waals surface area (Å²) in [6, 6.07) is 12.9. The molecule has 1 amide bonds. The van der Waals surface area contributed by atoms with Crippen molar-refractivity contribution in [2.75, 3.05) is 13.7 Å². The van der Waals surface area contributed by atoms with Gasteiger partial charge in [-0.2, -0.15) is 0 Å². The van der Waals surface area contributed by atoms with Crippen LogP contribution in [0.1, 0.15) is 25.1 Å². The highest BCUT2D eigenvalue weighted by Gasteiger charge is 2.47. The summed E-state index contributed by atoms with van der Waals surface area (Å²) >= 11 is 4.09. The van der Waals surface area contributed by atoms with Gasteiger partial charge in [-0.15, -0.1) is 0 Å². The van der Waals surface area contributed by atoms with Gasteiger partial charge in [0.05, 0.1) is 19.3 Å². The number of amides is 1. The van der Waals surface area contributed by atoms with Gasteiger partial charge in [-0.25, -0.2) is 0 Å². The van der Waals surface area contributed by atoms with E-state index in [-0.39, 0.29) is 23.6 Å². The Morgan fingerprint density at radius 3 is 2.57 bits per heavy atom. The van der Waals surface area contributed by atoms with Gasteiger partial charge in [-0.3, -0.25) is 14.6 Å². The average Bonchev–Trinajstić information content (AvgIpc) is 2.69. The zero-order valence-corrected chi connectivity index (χ0v) is 17.1. The van der Waals surface area contributed by atoms with E-state index in [1.165, 1.54) is 0 Å². The summed E-state index contributed by atoms with van der Waals surface area (Å²) in [4.78, 5) is 31.5. The van der Waals surface area contributed by atoms with Gasteiger partial charge in [0.1, 0.15) is 5.75 Å².